The summed E-state index contributed by atoms with van der Waals surface area (Å²) in [4.78, 5) is -0.175. The average Bonchev–Trinajstić information content (AvgIpc) is 2.58. The van der Waals surface area contributed by atoms with Gasteiger partial charge in [-0.1, -0.05) is 41.9 Å². The zero-order chi connectivity index (χ0) is 19.1. The van der Waals surface area contributed by atoms with Crippen molar-refractivity contribution < 1.29 is 17.2 Å². The van der Waals surface area contributed by atoms with Crippen LogP contribution in [0, 0.1) is 18.6 Å². The van der Waals surface area contributed by atoms with Crippen molar-refractivity contribution in [2.45, 2.75) is 11.8 Å². The fraction of sp³-hybridized carbons (Fsp3) is 0.0526. The summed E-state index contributed by atoms with van der Waals surface area (Å²) in [6.07, 6.45) is 0. The second kappa shape index (κ2) is 6.79. The van der Waals surface area contributed by atoms with Crippen LogP contribution in [0.5, 0.6) is 0 Å². The van der Waals surface area contributed by atoms with E-state index in [0.717, 1.165) is 17.7 Å². The third kappa shape index (κ3) is 3.49. The largest absolute Gasteiger partial charge is 0.238 e. The molecule has 0 saturated heterocycles. The lowest BCUT2D eigenvalue weighted by Crippen LogP contribution is -2.13. The molecular weight excluding hydrogens is 380 g/mol. The summed E-state index contributed by atoms with van der Waals surface area (Å²) in [5, 5.41) is 5.74. The van der Waals surface area contributed by atoms with E-state index < -0.39 is 21.7 Å². The highest BCUT2D eigenvalue weighted by Gasteiger charge is 2.20. The molecule has 2 N–H and O–H groups in total. The van der Waals surface area contributed by atoms with Crippen molar-refractivity contribution in [3.05, 3.63) is 76.8 Å². The first-order valence-electron chi connectivity index (χ1n) is 7.56. The first kappa shape index (κ1) is 18.5. The van der Waals surface area contributed by atoms with Gasteiger partial charge in [-0.25, -0.2) is 22.3 Å². The van der Waals surface area contributed by atoms with Gasteiger partial charge in [-0.3, -0.25) is 0 Å². The molecule has 134 valence electrons. The molecule has 0 bridgehead atoms. The molecule has 7 heteroatoms. The van der Waals surface area contributed by atoms with Gasteiger partial charge in [-0.05, 0) is 53.4 Å². The number of nitrogens with two attached hydrogens (primary N) is 1. The van der Waals surface area contributed by atoms with Crippen LogP contribution in [-0.4, -0.2) is 8.42 Å². The van der Waals surface area contributed by atoms with Gasteiger partial charge in [-0.15, -0.1) is 0 Å². The molecule has 0 unspecified atom stereocenters. The summed E-state index contributed by atoms with van der Waals surface area (Å²) in [5.74, 6) is -2.14. The first-order valence-corrected chi connectivity index (χ1v) is 9.48. The summed E-state index contributed by atoms with van der Waals surface area (Å²) in [5.41, 5.74) is 2.04. The summed E-state index contributed by atoms with van der Waals surface area (Å²) in [6.45, 7) is 1.81. The zero-order valence-electron chi connectivity index (χ0n) is 13.6. The van der Waals surface area contributed by atoms with E-state index in [1.807, 2.05) is 6.92 Å². The van der Waals surface area contributed by atoms with Crippen molar-refractivity contribution in [2.75, 3.05) is 0 Å². The minimum atomic E-state index is -4.06. The molecule has 3 rings (SSSR count). The van der Waals surface area contributed by atoms with Gasteiger partial charge in [-0.2, -0.15) is 0 Å². The molecule has 0 fully saturated rings. The lowest BCUT2D eigenvalue weighted by Gasteiger charge is -2.14. The van der Waals surface area contributed by atoms with E-state index >= 15 is 0 Å². The molecule has 0 aliphatic rings. The van der Waals surface area contributed by atoms with E-state index in [9.17, 15) is 17.2 Å². The lowest BCUT2D eigenvalue weighted by atomic mass is 9.93. The Bertz CT molecular complexity index is 1110. The normalized spacial score (nSPS) is 11.6. The van der Waals surface area contributed by atoms with Crippen molar-refractivity contribution in [2.24, 2.45) is 5.14 Å². The molecular formula is C19H14ClF2NO2S. The van der Waals surface area contributed by atoms with E-state index in [1.165, 1.54) is 18.2 Å². The number of benzene rings is 3. The van der Waals surface area contributed by atoms with Crippen LogP contribution in [0.4, 0.5) is 8.78 Å². The van der Waals surface area contributed by atoms with Gasteiger partial charge in [0.2, 0.25) is 10.0 Å². The van der Waals surface area contributed by atoms with E-state index in [0.29, 0.717) is 16.1 Å². The van der Waals surface area contributed by atoms with E-state index in [4.69, 9.17) is 16.7 Å². The Labute approximate surface area is 155 Å². The van der Waals surface area contributed by atoms with Gasteiger partial charge < -0.3 is 0 Å². The molecule has 0 aliphatic heterocycles. The second-order valence-corrected chi connectivity index (χ2v) is 7.75. The fourth-order valence-electron chi connectivity index (χ4n) is 2.71. The Morgan fingerprint density at radius 3 is 2.12 bits per heavy atom. The van der Waals surface area contributed by atoms with Crippen LogP contribution in [-0.2, 0) is 10.0 Å². The van der Waals surface area contributed by atoms with Gasteiger partial charge >= 0.3 is 0 Å². The van der Waals surface area contributed by atoms with E-state index in [1.54, 1.807) is 24.3 Å². The molecule has 0 atom stereocenters. The molecule has 0 aliphatic carbocycles. The molecule has 0 spiro atoms. The Morgan fingerprint density at radius 2 is 1.50 bits per heavy atom. The minimum absolute atomic E-state index is 0.175. The monoisotopic (exact) mass is 393 g/mol. The number of aryl methyl sites for hydroxylation is 1. The van der Waals surface area contributed by atoms with Crippen LogP contribution < -0.4 is 5.14 Å². The average molecular weight is 394 g/mol. The molecule has 3 aromatic carbocycles. The summed E-state index contributed by atoms with van der Waals surface area (Å²) < 4.78 is 51.7. The quantitative estimate of drug-likeness (QED) is 0.687. The van der Waals surface area contributed by atoms with Gasteiger partial charge in [0.05, 0.1) is 4.90 Å². The molecule has 26 heavy (non-hydrogen) atoms. The van der Waals surface area contributed by atoms with Gasteiger partial charge in [0.25, 0.3) is 0 Å². The van der Waals surface area contributed by atoms with Crippen LogP contribution in [0.1, 0.15) is 5.56 Å². The van der Waals surface area contributed by atoms with Gasteiger partial charge in [0.1, 0.15) is 0 Å². The number of hydrogen-bond donors (Lipinski definition) is 1. The highest BCUT2D eigenvalue weighted by molar-refractivity contribution is 7.89. The summed E-state index contributed by atoms with van der Waals surface area (Å²) >= 11 is 6.15. The Hall–Kier alpha value is -2.28. The number of primary sulfonamides is 1. The van der Waals surface area contributed by atoms with Crippen LogP contribution in [0.3, 0.4) is 0 Å². The topological polar surface area (TPSA) is 60.2 Å². The number of hydrogen-bond acceptors (Lipinski definition) is 2. The molecule has 0 aromatic heterocycles. The number of halogens is 3. The number of sulfonamides is 1. The number of rotatable bonds is 3. The van der Waals surface area contributed by atoms with Crippen LogP contribution in [0.25, 0.3) is 22.3 Å². The zero-order valence-corrected chi connectivity index (χ0v) is 15.2. The third-order valence-corrected chi connectivity index (χ3v) is 5.40. The maximum absolute atomic E-state index is 14.0. The highest BCUT2D eigenvalue weighted by Crippen LogP contribution is 2.38. The SMILES string of the molecule is Cc1ccc(-c2cc(F)c(F)cc2-c2ccccc2S(N)(=O)=O)cc1Cl. The Kier molecular flexibility index (Phi) is 4.84. The van der Waals surface area contributed by atoms with E-state index in [2.05, 4.69) is 0 Å². The molecule has 3 aromatic rings. The predicted octanol–water partition coefficient (Wildman–Crippen LogP) is 4.91. The second-order valence-electron chi connectivity index (χ2n) is 5.82. The maximum Gasteiger partial charge on any atom is 0.238 e. The van der Waals surface area contributed by atoms with Gasteiger partial charge in [0.15, 0.2) is 11.6 Å². The first-order chi connectivity index (χ1) is 12.2. The fourth-order valence-corrected chi connectivity index (χ4v) is 3.64. The summed E-state index contributed by atoms with van der Waals surface area (Å²) in [7, 11) is -4.06. The Morgan fingerprint density at radius 1 is 0.885 bits per heavy atom. The predicted molar refractivity (Wildman–Crippen MR) is 98.4 cm³/mol. The van der Waals surface area contributed by atoms with Crippen LogP contribution in [0.2, 0.25) is 5.02 Å². The van der Waals surface area contributed by atoms with Crippen molar-refractivity contribution in [3.8, 4) is 22.3 Å². The van der Waals surface area contributed by atoms with Crippen LogP contribution in [0.15, 0.2) is 59.5 Å². The maximum atomic E-state index is 14.0. The summed E-state index contributed by atoms with van der Waals surface area (Å²) in [6, 6.07) is 13.0. The molecule has 0 radical (unpaired) electrons. The van der Waals surface area contributed by atoms with Crippen molar-refractivity contribution in [3.63, 3.8) is 0 Å². The molecule has 0 amide bonds. The molecule has 0 saturated carbocycles. The minimum Gasteiger partial charge on any atom is -0.225 e. The Balaban J connectivity index is 2.36. The standard InChI is InChI=1S/C19H14ClF2NO2S/c1-11-6-7-12(8-16(11)20)14-9-17(21)18(22)10-15(14)13-4-2-3-5-19(13)26(23,24)25/h2-10H,1H3,(H2,23,24,25). The van der Waals surface area contributed by atoms with Crippen molar-refractivity contribution in [1.29, 1.82) is 0 Å². The van der Waals surface area contributed by atoms with Crippen molar-refractivity contribution in [1.82, 2.24) is 0 Å². The molecule has 0 heterocycles. The molecule has 3 nitrogen and oxygen atoms in total. The lowest BCUT2D eigenvalue weighted by molar-refractivity contribution is 0.509. The third-order valence-electron chi connectivity index (χ3n) is 4.03. The van der Waals surface area contributed by atoms with E-state index in [-0.39, 0.29) is 16.0 Å². The van der Waals surface area contributed by atoms with Crippen LogP contribution >= 0.6 is 11.6 Å². The van der Waals surface area contributed by atoms with Crippen molar-refractivity contribution >= 4 is 21.6 Å². The smallest absolute Gasteiger partial charge is 0.225 e. The van der Waals surface area contributed by atoms with Gasteiger partial charge in [0, 0.05) is 10.6 Å². The highest BCUT2D eigenvalue weighted by atomic mass is 35.5.